The molecule has 2 N–H and O–H groups in total. The van der Waals surface area contributed by atoms with Crippen LogP contribution in [0.5, 0.6) is 0 Å². The summed E-state index contributed by atoms with van der Waals surface area (Å²) in [6, 6.07) is 2.17. The van der Waals surface area contributed by atoms with Crippen LogP contribution in [0, 0.1) is 23.2 Å². The lowest BCUT2D eigenvalue weighted by atomic mass is 9.91. The maximum absolute atomic E-state index is 11.8. The van der Waals surface area contributed by atoms with Crippen molar-refractivity contribution in [2.75, 3.05) is 0 Å². The first kappa shape index (κ1) is 13.0. The van der Waals surface area contributed by atoms with Crippen LogP contribution in [0.1, 0.15) is 39.5 Å². The van der Waals surface area contributed by atoms with Crippen LogP contribution in [0.2, 0.25) is 0 Å². The first-order valence-corrected chi connectivity index (χ1v) is 5.92. The van der Waals surface area contributed by atoms with Crippen molar-refractivity contribution in [3.8, 4) is 6.07 Å². The predicted octanol–water partition coefficient (Wildman–Crippen LogP) is 1.20. The molecule has 0 heterocycles. The lowest BCUT2D eigenvalue weighted by Crippen LogP contribution is -2.42. The van der Waals surface area contributed by atoms with E-state index in [9.17, 15) is 9.90 Å². The minimum absolute atomic E-state index is 0.0409. The number of aliphatic hydroxyl groups is 1. The highest BCUT2D eigenvalue weighted by molar-refractivity contribution is 5.81. The van der Waals surface area contributed by atoms with Crippen LogP contribution < -0.4 is 5.32 Å². The molecule has 1 amide bonds. The summed E-state index contributed by atoms with van der Waals surface area (Å²) >= 11 is 0. The number of carbonyl (C=O) groups is 1. The summed E-state index contributed by atoms with van der Waals surface area (Å²) < 4.78 is 0. The number of amides is 1. The number of carbonyl (C=O) groups excluding carboxylic acids is 1. The van der Waals surface area contributed by atoms with Gasteiger partial charge >= 0.3 is 0 Å². The largest absolute Gasteiger partial charge is 0.393 e. The second-order valence-electron chi connectivity index (χ2n) is 4.86. The van der Waals surface area contributed by atoms with Crippen molar-refractivity contribution in [2.24, 2.45) is 11.8 Å². The highest BCUT2D eigenvalue weighted by atomic mass is 16.3. The standard InChI is InChI=1S/C12H20N2O2/c1-8(2)11(7-13)12(16)14-9-3-5-10(15)6-4-9/h8-11,15H,3-6H2,1-2H3,(H,14,16). The summed E-state index contributed by atoms with van der Waals surface area (Å²) in [4.78, 5) is 11.8. The molecule has 0 spiro atoms. The van der Waals surface area contributed by atoms with E-state index < -0.39 is 5.92 Å². The topological polar surface area (TPSA) is 73.1 Å². The average molecular weight is 224 g/mol. The highest BCUT2D eigenvalue weighted by Gasteiger charge is 2.26. The van der Waals surface area contributed by atoms with E-state index in [0.717, 1.165) is 25.7 Å². The zero-order valence-electron chi connectivity index (χ0n) is 9.94. The molecular formula is C12H20N2O2. The molecule has 4 nitrogen and oxygen atoms in total. The van der Waals surface area contributed by atoms with Crippen molar-refractivity contribution in [1.29, 1.82) is 5.26 Å². The molecule has 1 saturated carbocycles. The summed E-state index contributed by atoms with van der Waals surface area (Å²) in [5.41, 5.74) is 0. The smallest absolute Gasteiger partial charge is 0.237 e. The molecule has 1 rings (SSSR count). The molecule has 1 aliphatic carbocycles. The van der Waals surface area contributed by atoms with E-state index in [2.05, 4.69) is 5.32 Å². The molecule has 1 unspecified atom stereocenters. The van der Waals surface area contributed by atoms with E-state index in [1.807, 2.05) is 19.9 Å². The van der Waals surface area contributed by atoms with Crippen LogP contribution in [-0.2, 0) is 4.79 Å². The maximum atomic E-state index is 11.8. The van der Waals surface area contributed by atoms with Gasteiger partial charge in [0.25, 0.3) is 0 Å². The summed E-state index contributed by atoms with van der Waals surface area (Å²) in [5, 5.41) is 21.1. The minimum Gasteiger partial charge on any atom is -0.393 e. The van der Waals surface area contributed by atoms with Gasteiger partial charge in [-0.15, -0.1) is 0 Å². The third kappa shape index (κ3) is 3.49. The second-order valence-corrected chi connectivity index (χ2v) is 4.86. The Bertz CT molecular complexity index is 275. The van der Waals surface area contributed by atoms with Gasteiger partial charge < -0.3 is 10.4 Å². The molecule has 0 aliphatic heterocycles. The highest BCUT2D eigenvalue weighted by Crippen LogP contribution is 2.19. The van der Waals surface area contributed by atoms with Crippen LogP contribution >= 0.6 is 0 Å². The molecule has 1 atom stereocenters. The Morgan fingerprint density at radius 3 is 2.38 bits per heavy atom. The molecule has 90 valence electrons. The zero-order chi connectivity index (χ0) is 12.1. The molecule has 0 aromatic rings. The van der Waals surface area contributed by atoms with Gasteiger partial charge in [0, 0.05) is 6.04 Å². The lowest BCUT2D eigenvalue weighted by molar-refractivity contribution is -0.125. The molecule has 0 aromatic heterocycles. The van der Waals surface area contributed by atoms with Crippen LogP contribution in [0.4, 0.5) is 0 Å². The number of nitrogens with zero attached hydrogens (tertiary/aromatic N) is 1. The number of rotatable bonds is 3. The molecule has 4 heteroatoms. The maximum Gasteiger partial charge on any atom is 0.237 e. The Morgan fingerprint density at radius 1 is 1.38 bits per heavy atom. The number of hydrogen-bond donors (Lipinski definition) is 2. The Kier molecular flexibility index (Phi) is 4.75. The van der Waals surface area contributed by atoms with Gasteiger partial charge in [-0.05, 0) is 31.6 Å². The van der Waals surface area contributed by atoms with E-state index in [4.69, 9.17) is 5.26 Å². The van der Waals surface area contributed by atoms with Crippen LogP contribution in [-0.4, -0.2) is 23.2 Å². The first-order valence-electron chi connectivity index (χ1n) is 5.92. The Hall–Kier alpha value is -1.08. The van der Waals surface area contributed by atoms with E-state index in [0.29, 0.717) is 0 Å². The molecule has 16 heavy (non-hydrogen) atoms. The lowest BCUT2D eigenvalue weighted by Gasteiger charge is -2.27. The quantitative estimate of drug-likeness (QED) is 0.756. The first-order chi connectivity index (χ1) is 7.54. The minimum atomic E-state index is -0.563. The number of aliphatic hydroxyl groups excluding tert-OH is 1. The van der Waals surface area contributed by atoms with E-state index >= 15 is 0 Å². The Morgan fingerprint density at radius 2 is 1.94 bits per heavy atom. The molecule has 0 radical (unpaired) electrons. The summed E-state index contributed by atoms with van der Waals surface area (Å²) in [6.45, 7) is 3.75. The monoisotopic (exact) mass is 224 g/mol. The van der Waals surface area contributed by atoms with Crippen molar-refractivity contribution in [3.05, 3.63) is 0 Å². The van der Waals surface area contributed by atoms with Crippen LogP contribution in [0.25, 0.3) is 0 Å². The molecular weight excluding hydrogens is 204 g/mol. The molecule has 0 aromatic carbocycles. The second kappa shape index (κ2) is 5.86. The SMILES string of the molecule is CC(C)C(C#N)C(=O)NC1CCC(O)CC1. The van der Waals surface area contributed by atoms with E-state index in [-0.39, 0.29) is 24.0 Å². The fourth-order valence-electron chi connectivity index (χ4n) is 2.02. The van der Waals surface area contributed by atoms with Gasteiger partial charge in [0.1, 0.15) is 5.92 Å². The third-order valence-electron chi connectivity index (χ3n) is 3.13. The van der Waals surface area contributed by atoms with Gasteiger partial charge in [0.15, 0.2) is 0 Å². The van der Waals surface area contributed by atoms with Crippen molar-refractivity contribution >= 4 is 5.91 Å². The zero-order valence-corrected chi connectivity index (χ0v) is 9.94. The van der Waals surface area contributed by atoms with Crippen molar-refractivity contribution in [2.45, 2.75) is 51.7 Å². The van der Waals surface area contributed by atoms with Crippen molar-refractivity contribution in [3.63, 3.8) is 0 Å². The fraction of sp³-hybridized carbons (Fsp3) is 0.833. The van der Waals surface area contributed by atoms with E-state index in [1.54, 1.807) is 0 Å². The molecule has 1 fully saturated rings. The van der Waals surface area contributed by atoms with Crippen molar-refractivity contribution in [1.82, 2.24) is 5.32 Å². The van der Waals surface area contributed by atoms with Gasteiger partial charge in [-0.1, -0.05) is 13.8 Å². The summed E-state index contributed by atoms with van der Waals surface area (Å²) in [7, 11) is 0. The average Bonchev–Trinajstić information content (AvgIpc) is 2.22. The van der Waals surface area contributed by atoms with Gasteiger partial charge in [0.2, 0.25) is 5.91 Å². The van der Waals surface area contributed by atoms with E-state index in [1.165, 1.54) is 0 Å². The molecule has 0 bridgehead atoms. The summed E-state index contributed by atoms with van der Waals surface area (Å²) in [6.07, 6.45) is 2.88. The van der Waals surface area contributed by atoms with Gasteiger partial charge in [-0.3, -0.25) is 4.79 Å². The third-order valence-corrected chi connectivity index (χ3v) is 3.13. The van der Waals surface area contributed by atoms with Crippen LogP contribution in [0.15, 0.2) is 0 Å². The predicted molar refractivity (Wildman–Crippen MR) is 60.3 cm³/mol. The van der Waals surface area contributed by atoms with Crippen molar-refractivity contribution < 1.29 is 9.90 Å². The summed E-state index contributed by atoms with van der Waals surface area (Å²) in [5.74, 6) is -0.690. The molecule has 0 saturated heterocycles. The Labute approximate surface area is 96.6 Å². The number of nitrogens with one attached hydrogen (secondary N) is 1. The number of nitriles is 1. The Balaban J connectivity index is 2.42. The van der Waals surface area contributed by atoms with Gasteiger partial charge in [0.05, 0.1) is 12.2 Å². The van der Waals surface area contributed by atoms with Gasteiger partial charge in [-0.25, -0.2) is 0 Å². The van der Waals surface area contributed by atoms with Crippen LogP contribution in [0.3, 0.4) is 0 Å². The normalized spacial score (nSPS) is 27.2. The number of hydrogen-bond acceptors (Lipinski definition) is 3. The molecule has 1 aliphatic rings. The fourth-order valence-corrected chi connectivity index (χ4v) is 2.02. The van der Waals surface area contributed by atoms with Gasteiger partial charge in [-0.2, -0.15) is 5.26 Å².